The van der Waals surface area contributed by atoms with Crippen molar-refractivity contribution in [3.05, 3.63) is 35.9 Å². The molecule has 3 rings (SSSR count). The van der Waals surface area contributed by atoms with Crippen molar-refractivity contribution in [3.63, 3.8) is 0 Å². The predicted octanol–water partition coefficient (Wildman–Crippen LogP) is 1.83. The van der Waals surface area contributed by atoms with Gasteiger partial charge in [-0.25, -0.2) is 4.39 Å². The molecule has 0 aliphatic carbocycles. The van der Waals surface area contributed by atoms with Gasteiger partial charge in [-0.1, -0.05) is 30.3 Å². The van der Waals surface area contributed by atoms with Gasteiger partial charge in [0.25, 0.3) is 0 Å². The summed E-state index contributed by atoms with van der Waals surface area (Å²) in [4.78, 5) is 0. The van der Waals surface area contributed by atoms with Crippen molar-refractivity contribution in [2.45, 2.75) is 37.1 Å². The average Bonchev–Trinajstić information content (AvgIpc) is 2.54. The van der Waals surface area contributed by atoms with Crippen LogP contribution in [0.15, 0.2) is 30.3 Å². The molecule has 0 saturated carbocycles. The number of hydrogen-bond acceptors (Lipinski definition) is 5. The summed E-state index contributed by atoms with van der Waals surface area (Å²) in [6, 6.07) is 9.58. The topological polar surface area (TPSA) is 46.2 Å². The summed E-state index contributed by atoms with van der Waals surface area (Å²) in [5, 5.41) is 0. The van der Waals surface area contributed by atoms with Gasteiger partial charge < -0.3 is 23.7 Å². The van der Waals surface area contributed by atoms with Crippen LogP contribution < -0.4 is 0 Å². The highest BCUT2D eigenvalue weighted by molar-refractivity contribution is 5.16. The lowest BCUT2D eigenvalue weighted by atomic mass is 9.98. The van der Waals surface area contributed by atoms with E-state index < -0.39 is 37.1 Å². The average molecular weight is 298 g/mol. The molecular weight excluding hydrogens is 279 g/mol. The van der Waals surface area contributed by atoms with Gasteiger partial charge in [-0.2, -0.15) is 0 Å². The van der Waals surface area contributed by atoms with Crippen LogP contribution in [-0.4, -0.2) is 51.6 Å². The molecule has 0 amide bonds. The Kier molecular flexibility index (Phi) is 4.51. The Balaban J connectivity index is 1.78. The van der Waals surface area contributed by atoms with Gasteiger partial charge in [-0.15, -0.1) is 0 Å². The summed E-state index contributed by atoms with van der Waals surface area (Å²) in [6.07, 6.45) is -4.36. The Hall–Kier alpha value is -1.05. The van der Waals surface area contributed by atoms with Gasteiger partial charge in [0.05, 0.1) is 6.61 Å². The number of alkyl halides is 1. The third-order valence-corrected chi connectivity index (χ3v) is 3.89. The molecule has 0 N–H and O–H groups in total. The van der Waals surface area contributed by atoms with Crippen LogP contribution in [0, 0.1) is 0 Å². The molecule has 1 aromatic carbocycles. The first-order valence-electron chi connectivity index (χ1n) is 6.91. The molecule has 21 heavy (non-hydrogen) atoms. The third kappa shape index (κ3) is 2.82. The van der Waals surface area contributed by atoms with Crippen LogP contribution in [0.5, 0.6) is 0 Å². The van der Waals surface area contributed by atoms with Crippen LogP contribution in [-0.2, 0) is 23.7 Å². The number of halogens is 1. The zero-order valence-electron chi connectivity index (χ0n) is 12.0. The van der Waals surface area contributed by atoms with Crippen LogP contribution in [0.1, 0.15) is 11.9 Å². The summed E-state index contributed by atoms with van der Waals surface area (Å²) in [7, 11) is 2.95. The van der Waals surface area contributed by atoms with Gasteiger partial charge in [-0.05, 0) is 0 Å². The quantitative estimate of drug-likeness (QED) is 0.852. The Morgan fingerprint density at radius 3 is 2.43 bits per heavy atom. The van der Waals surface area contributed by atoms with Crippen molar-refractivity contribution >= 4 is 0 Å². The van der Waals surface area contributed by atoms with E-state index in [-0.39, 0.29) is 6.61 Å². The summed E-state index contributed by atoms with van der Waals surface area (Å²) in [5.74, 6) is 0. The molecular formula is C15H19FO5. The van der Waals surface area contributed by atoms with Crippen molar-refractivity contribution in [1.29, 1.82) is 0 Å². The largest absolute Gasteiger partial charge is 0.376 e. The fraction of sp³-hybridized carbons (Fsp3) is 0.600. The lowest BCUT2D eigenvalue weighted by Gasteiger charge is -2.46. The number of methoxy groups -OCH3 is 2. The fourth-order valence-corrected chi connectivity index (χ4v) is 2.83. The molecule has 0 radical (unpaired) electrons. The maximum atomic E-state index is 13.9. The first-order valence-corrected chi connectivity index (χ1v) is 6.91. The number of fused-ring (bicyclic) bond motifs is 1. The summed E-state index contributed by atoms with van der Waals surface area (Å²) >= 11 is 0. The van der Waals surface area contributed by atoms with Gasteiger partial charge in [-0.3, -0.25) is 0 Å². The van der Waals surface area contributed by atoms with Gasteiger partial charge in [0, 0.05) is 19.8 Å². The second-order valence-electron chi connectivity index (χ2n) is 5.10. The van der Waals surface area contributed by atoms with Crippen molar-refractivity contribution in [2.24, 2.45) is 0 Å². The molecule has 116 valence electrons. The number of ether oxygens (including phenoxy) is 5. The number of benzene rings is 1. The van der Waals surface area contributed by atoms with Crippen molar-refractivity contribution in [2.75, 3.05) is 20.8 Å². The lowest BCUT2D eigenvalue weighted by molar-refractivity contribution is -0.348. The molecule has 0 spiro atoms. The van der Waals surface area contributed by atoms with E-state index in [0.717, 1.165) is 5.56 Å². The fourth-order valence-electron chi connectivity index (χ4n) is 2.83. The molecule has 0 aromatic heterocycles. The summed E-state index contributed by atoms with van der Waals surface area (Å²) in [5.41, 5.74) is 0.905. The van der Waals surface area contributed by atoms with E-state index >= 15 is 0 Å². The number of hydrogen-bond donors (Lipinski definition) is 0. The smallest absolute Gasteiger partial charge is 0.228 e. The third-order valence-electron chi connectivity index (χ3n) is 3.89. The SMILES string of the molecule is CO[C@@H]1[C@@H](OC)[C@@H](F)O[C@@H]2CO[C@@H](c3ccccc3)O[C@@H]12. The highest BCUT2D eigenvalue weighted by Crippen LogP contribution is 2.36. The molecule has 6 atom stereocenters. The first kappa shape index (κ1) is 14.9. The van der Waals surface area contributed by atoms with E-state index in [1.165, 1.54) is 14.2 Å². The highest BCUT2D eigenvalue weighted by atomic mass is 19.1. The minimum atomic E-state index is -1.55. The van der Waals surface area contributed by atoms with E-state index in [0.29, 0.717) is 0 Å². The van der Waals surface area contributed by atoms with E-state index in [2.05, 4.69) is 0 Å². The zero-order valence-corrected chi connectivity index (χ0v) is 12.0. The molecule has 2 fully saturated rings. The number of rotatable bonds is 3. The van der Waals surface area contributed by atoms with E-state index in [4.69, 9.17) is 23.7 Å². The summed E-state index contributed by atoms with van der Waals surface area (Å²) < 4.78 is 41.3. The first-order chi connectivity index (χ1) is 10.2. The van der Waals surface area contributed by atoms with E-state index in [1.54, 1.807) is 0 Å². The van der Waals surface area contributed by atoms with E-state index in [1.807, 2.05) is 30.3 Å². The monoisotopic (exact) mass is 298 g/mol. The minimum absolute atomic E-state index is 0.251. The molecule has 5 nitrogen and oxygen atoms in total. The maximum absolute atomic E-state index is 13.9. The van der Waals surface area contributed by atoms with Gasteiger partial charge >= 0.3 is 0 Å². The molecule has 2 aliphatic rings. The molecule has 2 heterocycles. The van der Waals surface area contributed by atoms with Gasteiger partial charge in [0.2, 0.25) is 6.36 Å². The van der Waals surface area contributed by atoms with Gasteiger partial charge in [0.15, 0.2) is 6.29 Å². The minimum Gasteiger partial charge on any atom is -0.376 e. The summed E-state index contributed by atoms with van der Waals surface area (Å²) in [6.45, 7) is 0.251. The lowest BCUT2D eigenvalue weighted by Crippen LogP contribution is -2.61. The van der Waals surface area contributed by atoms with Gasteiger partial charge in [0.1, 0.15) is 24.4 Å². The predicted molar refractivity (Wildman–Crippen MR) is 71.4 cm³/mol. The van der Waals surface area contributed by atoms with Crippen LogP contribution in [0.3, 0.4) is 0 Å². The second kappa shape index (κ2) is 6.37. The molecule has 0 bridgehead atoms. The highest BCUT2D eigenvalue weighted by Gasteiger charge is 2.50. The standard InChI is InChI=1S/C15H19FO5/c1-17-12-11-10(20-14(16)13(12)18-2)8-19-15(21-11)9-6-4-3-5-7-9/h3-7,10-15H,8H2,1-2H3/t10-,11-,12+,13-,14+,15-/m1/s1. The second-order valence-corrected chi connectivity index (χ2v) is 5.10. The Morgan fingerprint density at radius 2 is 1.76 bits per heavy atom. The van der Waals surface area contributed by atoms with Crippen LogP contribution >= 0.6 is 0 Å². The molecule has 6 heteroatoms. The molecule has 0 unspecified atom stereocenters. The molecule has 1 aromatic rings. The van der Waals surface area contributed by atoms with E-state index in [9.17, 15) is 4.39 Å². The Bertz CT molecular complexity index is 457. The molecule has 2 saturated heterocycles. The Morgan fingerprint density at radius 1 is 1.05 bits per heavy atom. The normalized spacial score (nSPS) is 39.8. The Labute approximate surface area is 122 Å². The van der Waals surface area contributed by atoms with Crippen molar-refractivity contribution in [1.82, 2.24) is 0 Å². The van der Waals surface area contributed by atoms with Crippen molar-refractivity contribution < 1.29 is 28.1 Å². The molecule has 2 aliphatic heterocycles. The zero-order chi connectivity index (χ0) is 14.8. The maximum Gasteiger partial charge on any atom is 0.228 e. The van der Waals surface area contributed by atoms with Crippen molar-refractivity contribution in [3.8, 4) is 0 Å². The van der Waals surface area contributed by atoms with Crippen LogP contribution in [0.2, 0.25) is 0 Å². The van der Waals surface area contributed by atoms with Crippen LogP contribution in [0.4, 0.5) is 4.39 Å². The van der Waals surface area contributed by atoms with Crippen LogP contribution in [0.25, 0.3) is 0 Å².